The van der Waals surface area contributed by atoms with Gasteiger partial charge in [0.05, 0.1) is 0 Å². The molecule has 1 aromatic carbocycles. The Labute approximate surface area is 179 Å². The second-order valence-corrected chi connectivity index (χ2v) is 7.47. The largest absolute Gasteiger partial charge is 0.355 e. The van der Waals surface area contributed by atoms with E-state index >= 15 is 0 Å². The van der Waals surface area contributed by atoms with Crippen LogP contribution in [0.5, 0.6) is 0 Å². The molecule has 0 atom stereocenters. The third-order valence-electron chi connectivity index (χ3n) is 4.93. The molecule has 3 aromatic heterocycles. The summed E-state index contributed by atoms with van der Waals surface area (Å²) in [6, 6.07) is 11.3. The van der Waals surface area contributed by atoms with E-state index in [1.165, 1.54) is 0 Å². The van der Waals surface area contributed by atoms with Gasteiger partial charge in [0.25, 0.3) is 0 Å². The normalized spacial score (nSPS) is 11.3. The Hall–Kier alpha value is -3.00. The molecule has 9 heteroatoms. The number of hydrogen-bond acceptors (Lipinski definition) is 7. The third kappa shape index (κ3) is 4.43. The van der Waals surface area contributed by atoms with Gasteiger partial charge < -0.3 is 9.42 Å². The Morgan fingerprint density at radius 1 is 1.03 bits per heavy atom. The number of hydrogen-bond donors (Lipinski definition) is 0. The molecule has 0 fully saturated rings. The van der Waals surface area contributed by atoms with Crippen LogP contribution in [-0.2, 0) is 12.8 Å². The zero-order chi connectivity index (χ0) is 20.9. The smallest absolute Gasteiger partial charge is 0.227 e. The van der Waals surface area contributed by atoms with Crippen molar-refractivity contribution in [2.75, 3.05) is 18.0 Å². The maximum atomic E-state index is 5.94. The molecule has 0 aliphatic carbocycles. The molecule has 156 valence electrons. The summed E-state index contributed by atoms with van der Waals surface area (Å²) in [6.07, 6.45) is 3.44. The number of unbranched alkanes of at least 4 members (excludes halogenated alkanes) is 1. The van der Waals surface area contributed by atoms with E-state index in [4.69, 9.17) is 21.2 Å². The molecular formula is C21H24ClN7O. The van der Waals surface area contributed by atoms with E-state index in [1.807, 2.05) is 24.3 Å². The van der Waals surface area contributed by atoms with Crippen molar-refractivity contribution in [3.8, 4) is 11.4 Å². The lowest BCUT2D eigenvalue weighted by Gasteiger charge is -2.21. The predicted molar refractivity (Wildman–Crippen MR) is 116 cm³/mol. The highest BCUT2D eigenvalue weighted by molar-refractivity contribution is 6.30. The zero-order valence-electron chi connectivity index (χ0n) is 17.1. The second kappa shape index (κ2) is 9.21. The summed E-state index contributed by atoms with van der Waals surface area (Å²) in [5.74, 6) is 2.79. The van der Waals surface area contributed by atoms with Crippen LogP contribution in [0.3, 0.4) is 0 Å². The van der Waals surface area contributed by atoms with Gasteiger partial charge in [-0.25, -0.2) is 0 Å². The van der Waals surface area contributed by atoms with Crippen molar-refractivity contribution >= 4 is 23.1 Å². The lowest BCUT2D eigenvalue weighted by molar-refractivity contribution is 0.377. The number of aromatic nitrogens is 6. The molecule has 8 nitrogen and oxygen atoms in total. The van der Waals surface area contributed by atoms with Crippen molar-refractivity contribution < 1.29 is 4.52 Å². The van der Waals surface area contributed by atoms with Gasteiger partial charge in [0, 0.05) is 36.5 Å². The fraction of sp³-hybridized carbons (Fsp3) is 0.381. The molecule has 3 heterocycles. The van der Waals surface area contributed by atoms with E-state index in [2.05, 4.69) is 39.1 Å². The average Bonchev–Trinajstić information content (AvgIpc) is 3.40. The molecule has 4 rings (SSSR count). The first-order valence-electron chi connectivity index (χ1n) is 10.2. The standard InChI is InChI=1S/C21H24ClN7O/c1-3-5-14-28(4-2)19-11-10-17-24-25-18(29(17)26-19)12-13-20-23-21(27-30-20)15-6-8-16(22)9-7-15/h6-11H,3-5,12-14H2,1-2H3. The number of benzene rings is 1. The van der Waals surface area contributed by atoms with Gasteiger partial charge in [0.2, 0.25) is 11.7 Å². The summed E-state index contributed by atoms with van der Waals surface area (Å²) in [7, 11) is 0. The van der Waals surface area contributed by atoms with Gasteiger partial charge in [-0.1, -0.05) is 30.1 Å². The molecule has 30 heavy (non-hydrogen) atoms. The Morgan fingerprint density at radius 2 is 1.87 bits per heavy atom. The molecule has 0 N–H and O–H groups in total. The summed E-state index contributed by atoms with van der Waals surface area (Å²) in [5, 5.41) is 18.0. The van der Waals surface area contributed by atoms with Crippen LogP contribution in [0.1, 0.15) is 38.4 Å². The maximum Gasteiger partial charge on any atom is 0.227 e. The number of anilines is 1. The van der Waals surface area contributed by atoms with E-state index in [1.54, 1.807) is 16.6 Å². The van der Waals surface area contributed by atoms with E-state index < -0.39 is 0 Å². The van der Waals surface area contributed by atoms with Crippen molar-refractivity contribution in [1.29, 1.82) is 0 Å². The van der Waals surface area contributed by atoms with Crippen LogP contribution in [0.15, 0.2) is 40.9 Å². The molecule has 4 aromatic rings. The number of halogens is 1. The highest BCUT2D eigenvalue weighted by Gasteiger charge is 2.14. The summed E-state index contributed by atoms with van der Waals surface area (Å²) in [5.41, 5.74) is 1.59. The fourth-order valence-corrected chi connectivity index (χ4v) is 3.35. The highest BCUT2D eigenvalue weighted by atomic mass is 35.5. The van der Waals surface area contributed by atoms with Crippen molar-refractivity contribution in [3.05, 3.63) is 53.1 Å². The lowest BCUT2D eigenvalue weighted by Crippen LogP contribution is -2.25. The monoisotopic (exact) mass is 425 g/mol. The van der Waals surface area contributed by atoms with Gasteiger partial charge in [-0.2, -0.15) is 9.50 Å². The topological polar surface area (TPSA) is 85.2 Å². The van der Waals surface area contributed by atoms with Crippen molar-refractivity contribution in [2.45, 2.75) is 39.5 Å². The Kier molecular flexibility index (Phi) is 6.23. The Balaban J connectivity index is 1.49. The quantitative estimate of drug-likeness (QED) is 0.396. The number of nitrogens with zero attached hydrogens (tertiary/aromatic N) is 7. The molecule has 0 unspecified atom stereocenters. The van der Waals surface area contributed by atoms with Gasteiger partial charge in [-0.3, -0.25) is 0 Å². The van der Waals surface area contributed by atoms with Gasteiger partial charge >= 0.3 is 0 Å². The molecule has 0 saturated heterocycles. The Bertz CT molecular complexity index is 1110. The van der Waals surface area contributed by atoms with Gasteiger partial charge in [-0.05, 0) is 49.7 Å². The minimum atomic E-state index is 0.544. The summed E-state index contributed by atoms with van der Waals surface area (Å²) >= 11 is 5.94. The van der Waals surface area contributed by atoms with Gasteiger partial charge in [0.15, 0.2) is 11.5 Å². The van der Waals surface area contributed by atoms with E-state index in [-0.39, 0.29) is 0 Å². The third-order valence-corrected chi connectivity index (χ3v) is 5.19. The van der Waals surface area contributed by atoms with Crippen LogP contribution in [0, 0.1) is 0 Å². The number of rotatable bonds is 9. The molecule has 0 amide bonds. The fourth-order valence-electron chi connectivity index (χ4n) is 3.22. The van der Waals surface area contributed by atoms with Crippen LogP contribution in [0.2, 0.25) is 5.02 Å². The van der Waals surface area contributed by atoms with Gasteiger partial charge in [0.1, 0.15) is 5.82 Å². The molecular weight excluding hydrogens is 402 g/mol. The highest BCUT2D eigenvalue weighted by Crippen LogP contribution is 2.19. The first kappa shape index (κ1) is 20.3. The molecule has 0 spiro atoms. The first-order chi connectivity index (χ1) is 14.7. The molecule has 0 aliphatic heterocycles. The van der Waals surface area contributed by atoms with Crippen LogP contribution in [0.25, 0.3) is 17.0 Å². The van der Waals surface area contributed by atoms with E-state index in [0.29, 0.717) is 29.6 Å². The SMILES string of the molecule is CCCCN(CC)c1ccc2nnc(CCc3nc(-c4ccc(Cl)cc4)no3)n2n1. The second-order valence-electron chi connectivity index (χ2n) is 7.03. The molecule has 0 aliphatic rings. The number of fused-ring (bicyclic) bond motifs is 1. The zero-order valence-corrected chi connectivity index (χ0v) is 17.9. The minimum absolute atomic E-state index is 0.544. The van der Waals surface area contributed by atoms with Crippen molar-refractivity contribution in [2.24, 2.45) is 0 Å². The molecule has 0 radical (unpaired) electrons. The van der Waals surface area contributed by atoms with E-state index in [0.717, 1.165) is 48.8 Å². The molecule has 0 bridgehead atoms. The van der Waals surface area contributed by atoms with Crippen LogP contribution in [0.4, 0.5) is 5.82 Å². The van der Waals surface area contributed by atoms with Gasteiger partial charge in [-0.15, -0.1) is 15.3 Å². The van der Waals surface area contributed by atoms with Crippen LogP contribution in [-0.4, -0.2) is 43.0 Å². The van der Waals surface area contributed by atoms with E-state index in [9.17, 15) is 0 Å². The van der Waals surface area contributed by atoms with Crippen LogP contribution < -0.4 is 4.90 Å². The minimum Gasteiger partial charge on any atom is -0.355 e. The lowest BCUT2D eigenvalue weighted by atomic mass is 10.2. The summed E-state index contributed by atoms with van der Waals surface area (Å²) < 4.78 is 7.21. The molecule has 0 saturated carbocycles. The number of aryl methyl sites for hydroxylation is 2. The summed E-state index contributed by atoms with van der Waals surface area (Å²) in [6.45, 7) is 6.23. The maximum absolute atomic E-state index is 5.94. The summed E-state index contributed by atoms with van der Waals surface area (Å²) in [4.78, 5) is 6.74. The predicted octanol–water partition coefficient (Wildman–Crippen LogP) is 4.24. The average molecular weight is 426 g/mol. The first-order valence-corrected chi connectivity index (χ1v) is 10.6. The van der Waals surface area contributed by atoms with Crippen LogP contribution >= 0.6 is 11.6 Å². The van der Waals surface area contributed by atoms with Crippen molar-refractivity contribution in [1.82, 2.24) is 30.0 Å². The Morgan fingerprint density at radius 3 is 2.63 bits per heavy atom. The van der Waals surface area contributed by atoms with Crippen molar-refractivity contribution in [3.63, 3.8) is 0 Å².